The Bertz CT molecular complexity index is 842. The number of thiazole rings is 1. The van der Waals surface area contributed by atoms with Gasteiger partial charge in [-0.1, -0.05) is 45.0 Å². The largest absolute Gasteiger partial charge is 0.364 e. The van der Waals surface area contributed by atoms with Gasteiger partial charge in [0, 0.05) is 21.9 Å². The highest BCUT2D eigenvalue weighted by molar-refractivity contribution is 7.13. The van der Waals surface area contributed by atoms with E-state index in [1.807, 2.05) is 24.3 Å². The minimum absolute atomic E-state index is 0.0335. The van der Waals surface area contributed by atoms with Crippen LogP contribution in [-0.2, 0) is 5.41 Å². The molecule has 2 heterocycles. The minimum Gasteiger partial charge on any atom is -0.364 e. The van der Waals surface area contributed by atoms with Gasteiger partial charge in [-0.05, 0) is 0 Å². The van der Waals surface area contributed by atoms with Crippen molar-refractivity contribution in [2.75, 3.05) is 0 Å². The molecule has 0 aliphatic carbocycles. The highest BCUT2D eigenvalue weighted by atomic mass is 32.1. The lowest BCUT2D eigenvalue weighted by Gasteiger charge is -2.14. The summed E-state index contributed by atoms with van der Waals surface area (Å²) in [6.07, 6.45) is 0. The number of nitrogens with zero attached hydrogens (tertiary/aromatic N) is 3. The normalized spacial score (nSPS) is 11.6. The van der Waals surface area contributed by atoms with E-state index in [1.165, 1.54) is 0 Å². The Morgan fingerprint density at radius 3 is 2.35 bits per heavy atom. The first-order valence-corrected chi connectivity index (χ1v) is 8.01. The molecule has 118 valence electrons. The second kappa shape index (κ2) is 5.58. The number of nitrogens with two attached hydrogens (primary N) is 1. The Morgan fingerprint density at radius 2 is 1.78 bits per heavy atom. The number of carbonyl (C=O) groups is 1. The molecule has 0 aliphatic rings. The van der Waals surface area contributed by atoms with Crippen molar-refractivity contribution in [2.24, 2.45) is 5.73 Å². The first kappa shape index (κ1) is 15.4. The lowest BCUT2D eigenvalue weighted by atomic mass is 9.93. The molecule has 3 rings (SSSR count). The van der Waals surface area contributed by atoms with Gasteiger partial charge in [0.25, 0.3) is 5.91 Å². The number of H-pyrrole nitrogens is 1. The fraction of sp³-hybridized carbons (Fsp3) is 0.250. The number of carbonyl (C=O) groups excluding carboxylic acids is 1. The van der Waals surface area contributed by atoms with Crippen molar-refractivity contribution in [1.82, 2.24) is 20.4 Å². The number of nitrogens with one attached hydrogen (secondary N) is 1. The third-order valence-corrected chi connectivity index (χ3v) is 4.35. The number of amides is 1. The Morgan fingerprint density at radius 1 is 1.13 bits per heavy atom. The Labute approximate surface area is 137 Å². The molecule has 7 heteroatoms. The summed E-state index contributed by atoms with van der Waals surface area (Å²) in [4.78, 5) is 16.0. The molecule has 0 bridgehead atoms. The predicted octanol–water partition coefficient (Wildman–Crippen LogP) is 2.99. The van der Waals surface area contributed by atoms with Crippen molar-refractivity contribution in [2.45, 2.75) is 26.2 Å². The Balaban J connectivity index is 1.92. The standard InChI is InChI=1S/C16H17N5OS/c1-16(2,3)11-8-23-15(18-11)10-6-4-9(5-7-10)12-13(14(17)22)20-21-19-12/h4-8H,1-3H3,(H2,17,22)(H,19,20,21). The van der Waals surface area contributed by atoms with Crippen LogP contribution in [0.3, 0.4) is 0 Å². The van der Waals surface area contributed by atoms with Crippen LogP contribution in [0.15, 0.2) is 29.6 Å². The van der Waals surface area contributed by atoms with Crippen molar-refractivity contribution >= 4 is 17.2 Å². The lowest BCUT2D eigenvalue weighted by Crippen LogP contribution is -2.12. The molecule has 1 amide bonds. The summed E-state index contributed by atoms with van der Waals surface area (Å²) in [5.74, 6) is -0.604. The van der Waals surface area contributed by atoms with Crippen LogP contribution in [0, 0.1) is 0 Å². The van der Waals surface area contributed by atoms with E-state index in [-0.39, 0.29) is 11.1 Å². The summed E-state index contributed by atoms with van der Waals surface area (Å²) in [7, 11) is 0. The number of hydrogen-bond donors (Lipinski definition) is 2. The summed E-state index contributed by atoms with van der Waals surface area (Å²) >= 11 is 1.62. The molecule has 3 N–H and O–H groups in total. The van der Waals surface area contributed by atoms with Crippen molar-refractivity contribution in [1.29, 1.82) is 0 Å². The van der Waals surface area contributed by atoms with Crippen LogP contribution in [0.25, 0.3) is 21.8 Å². The number of primary amides is 1. The predicted molar refractivity (Wildman–Crippen MR) is 90.1 cm³/mol. The van der Waals surface area contributed by atoms with Crippen molar-refractivity contribution in [3.8, 4) is 21.8 Å². The number of rotatable bonds is 3. The molecule has 0 fully saturated rings. The van der Waals surface area contributed by atoms with Gasteiger partial charge in [0.05, 0.1) is 5.69 Å². The van der Waals surface area contributed by atoms with Gasteiger partial charge in [-0.2, -0.15) is 15.4 Å². The molecule has 0 spiro atoms. The average molecular weight is 327 g/mol. The molecule has 0 unspecified atom stereocenters. The van der Waals surface area contributed by atoms with Crippen LogP contribution in [0.1, 0.15) is 37.0 Å². The fourth-order valence-electron chi connectivity index (χ4n) is 2.13. The van der Waals surface area contributed by atoms with Crippen LogP contribution >= 0.6 is 11.3 Å². The topological polar surface area (TPSA) is 97.5 Å². The van der Waals surface area contributed by atoms with E-state index in [0.717, 1.165) is 21.8 Å². The van der Waals surface area contributed by atoms with E-state index in [4.69, 9.17) is 10.7 Å². The van der Waals surface area contributed by atoms with E-state index in [1.54, 1.807) is 11.3 Å². The van der Waals surface area contributed by atoms with E-state index in [2.05, 4.69) is 41.6 Å². The van der Waals surface area contributed by atoms with Crippen LogP contribution < -0.4 is 5.73 Å². The highest BCUT2D eigenvalue weighted by Gasteiger charge is 2.18. The van der Waals surface area contributed by atoms with Crippen LogP contribution in [0.5, 0.6) is 0 Å². The molecule has 2 aromatic heterocycles. The molecular formula is C16H17N5OS. The van der Waals surface area contributed by atoms with Crippen molar-refractivity contribution in [3.05, 3.63) is 41.0 Å². The van der Waals surface area contributed by atoms with Gasteiger partial charge in [0.1, 0.15) is 10.7 Å². The summed E-state index contributed by atoms with van der Waals surface area (Å²) in [6.45, 7) is 6.43. The van der Waals surface area contributed by atoms with Crippen LogP contribution in [0.2, 0.25) is 0 Å². The Hall–Kier alpha value is -2.54. The fourth-order valence-corrected chi connectivity index (χ4v) is 3.18. The second-order valence-electron chi connectivity index (χ2n) is 6.25. The molecule has 0 aliphatic heterocycles. The first-order valence-electron chi connectivity index (χ1n) is 7.13. The van der Waals surface area contributed by atoms with Gasteiger partial charge >= 0.3 is 0 Å². The van der Waals surface area contributed by atoms with Gasteiger partial charge in [-0.25, -0.2) is 4.98 Å². The van der Waals surface area contributed by atoms with E-state index < -0.39 is 5.91 Å². The number of aromatic amines is 1. The summed E-state index contributed by atoms with van der Waals surface area (Å²) < 4.78 is 0. The average Bonchev–Trinajstić information content (AvgIpc) is 3.16. The zero-order chi connectivity index (χ0) is 16.6. The van der Waals surface area contributed by atoms with E-state index in [9.17, 15) is 4.79 Å². The van der Waals surface area contributed by atoms with Crippen molar-refractivity contribution in [3.63, 3.8) is 0 Å². The van der Waals surface area contributed by atoms with Gasteiger partial charge in [0.2, 0.25) is 0 Å². The zero-order valence-corrected chi connectivity index (χ0v) is 13.9. The summed E-state index contributed by atoms with van der Waals surface area (Å²) in [5.41, 5.74) is 8.81. The van der Waals surface area contributed by atoms with Crippen LogP contribution in [-0.4, -0.2) is 26.3 Å². The Kier molecular flexibility index (Phi) is 3.73. The second-order valence-corrected chi connectivity index (χ2v) is 7.11. The maximum Gasteiger partial charge on any atom is 0.271 e. The summed E-state index contributed by atoms with van der Waals surface area (Å²) in [6, 6.07) is 7.69. The maximum absolute atomic E-state index is 11.3. The minimum atomic E-state index is -0.604. The molecule has 6 nitrogen and oxygen atoms in total. The van der Waals surface area contributed by atoms with Crippen LogP contribution in [0.4, 0.5) is 0 Å². The molecule has 0 saturated carbocycles. The SMILES string of the molecule is CC(C)(C)c1csc(-c2ccc(-c3n[nH]nc3C(N)=O)cc2)n1. The first-order chi connectivity index (χ1) is 10.9. The molecule has 1 aromatic carbocycles. The third-order valence-electron chi connectivity index (χ3n) is 3.46. The third kappa shape index (κ3) is 3.00. The number of benzene rings is 1. The smallest absolute Gasteiger partial charge is 0.271 e. The van der Waals surface area contributed by atoms with E-state index >= 15 is 0 Å². The molecule has 3 aromatic rings. The number of aromatic nitrogens is 4. The maximum atomic E-state index is 11.3. The van der Waals surface area contributed by atoms with Gasteiger partial charge in [-0.15, -0.1) is 11.3 Å². The van der Waals surface area contributed by atoms with Gasteiger partial charge in [-0.3, -0.25) is 4.79 Å². The highest BCUT2D eigenvalue weighted by Crippen LogP contribution is 2.31. The van der Waals surface area contributed by atoms with Crippen molar-refractivity contribution < 1.29 is 4.79 Å². The molecule has 0 atom stereocenters. The quantitative estimate of drug-likeness (QED) is 0.772. The molecule has 0 radical (unpaired) electrons. The monoisotopic (exact) mass is 327 g/mol. The summed E-state index contributed by atoms with van der Waals surface area (Å²) in [5, 5.41) is 13.3. The van der Waals surface area contributed by atoms with Gasteiger partial charge < -0.3 is 5.73 Å². The zero-order valence-electron chi connectivity index (χ0n) is 13.1. The van der Waals surface area contributed by atoms with Gasteiger partial charge in [0.15, 0.2) is 5.69 Å². The molecule has 23 heavy (non-hydrogen) atoms. The lowest BCUT2D eigenvalue weighted by molar-refractivity contribution is 0.0996. The number of hydrogen-bond acceptors (Lipinski definition) is 5. The molecule has 0 saturated heterocycles. The van der Waals surface area contributed by atoms with E-state index in [0.29, 0.717) is 5.69 Å². The molecular weight excluding hydrogens is 310 g/mol.